The van der Waals surface area contributed by atoms with Gasteiger partial charge in [0.15, 0.2) is 11.5 Å². The molecule has 1 aromatic heterocycles. The summed E-state index contributed by atoms with van der Waals surface area (Å²) in [5, 5.41) is 11.5. The third-order valence-electron chi connectivity index (χ3n) is 5.67. The number of anilines is 1. The van der Waals surface area contributed by atoms with Crippen LogP contribution >= 0.6 is 11.8 Å². The van der Waals surface area contributed by atoms with E-state index in [-0.39, 0.29) is 11.7 Å². The van der Waals surface area contributed by atoms with Crippen molar-refractivity contribution < 1.29 is 23.7 Å². The van der Waals surface area contributed by atoms with Crippen molar-refractivity contribution in [2.24, 2.45) is 5.10 Å². The molecule has 190 valence electrons. The molecule has 11 nitrogen and oxygen atoms in total. The fourth-order valence-corrected chi connectivity index (χ4v) is 4.48. The topological polar surface area (TPSA) is 123 Å². The number of hydrogen-bond donors (Lipinski definition) is 2. The lowest BCUT2D eigenvalue weighted by Gasteiger charge is -2.29. The fraction of sp³-hybridized carbons (Fsp3) is 0.333. The number of fused-ring (bicyclic) bond motifs is 1. The number of rotatable bonds is 10. The molecule has 0 fully saturated rings. The summed E-state index contributed by atoms with van der Waals surface area (Å²) in [6.07, 6.45) is 2.36. The Kier molecular flexibility index (Phi) is 8.16. The van der Waals surface area contributed by atoms with E-state index >= 15 is 0 Å². The fourth-order valence-electron chi connectivity index (χ4n) is 3.78. The SMILES string of the molecule is COc1ccc(OC)c(/C=N/Nc2nc(SCC(=O)N3CCc4cc(OC)c(OC)cc4C3)n[nH]2)c1. The number of hydrogen-bond acceptors (Lipinski definition) is 10. The normalized spacial score (nSPS) is 12.8. The highest BCUT2D eigenvalue weighted by Crippen LogP contribution is 2.33. The van der Waals surface area contributed by atoms with Gasteiger partial charge in [0, 0.05) is 18.7 Å². The van der Waals surface area contributed by atoms with Crippen LogP contribution in [0.1, 0.15) is 16.7 Å². The average Bonchev–Trinajstić information content (AvgIpc) is 3.38. The van der Waals surface area contributed by atoms with Gasteiger partial charge < -0.3 is 23.8 Å². The quantitative estimate of drug-likeness (QED) is 0.240. The molecule has 2 aromatic carbocycles. The molecule has 1 aliphatic rings. The van der Waals surface area contributed by atoms with Gasteiger partial charge in [0.25, 0.3) is 0 Å². The van der Waals surface area contributed by atoms with E-state index in [1.807, 2.05) is 29.2 Å². The van der Waals surface area contributed by atoms with Crippen LogP contribution in [0.25, 0.3) is 0 Å². The minimum absolute atomic E-state index is 0.0166. The first kappa shape index (κ1) is 25.2. The van der Waals surface area contributed by atoms with Crippen molar-refractivity contribution in [2.75, 3.05) is 46.2 Å². The van der Waals surface area contributed by atoms with E-state index < -0.39 is 0 Å². The molecule has 12 heteroatoms. The Bertz CT molecular complexity index is 1250. The zero-order valence-electron chi connectivity index (χ0n) is 20.5. The molecule has 0 aliphatic carbocycles. The molecule has 4 rings (SSSR count). The van der Waals surface area contributed by atoms with Gasteiger partial charge in [-0.05, 0) is 47.9 Å². The molecule has 36 heavy (non-hydrogen) atoms. The van der Waals surface area contributed by atoms with E-state index in [0.29, 0.717) is 47.2 Å². The van der Waals surface area contributed by atoms with Crippen molar-refractivity contribution in [3.05, 3.63) is 47.0 Å². The third-order valence-corrected chi connectivity index (χ3v) is 6.50. The average molecular weight is 513 g/mol. The number of benzene rings is 2. The van der Waals surface area contributed by atoms with Gasteiger partial charge in [-0.25, -0.2) is 10.5 Å². The number of carbonyl (C=O) groups is 1. The number of carbonyl (C=O) groups excluding carboxylic acids is 1. The molecule has 3 aromatic rings. The number of thioether (sulfide) groups is 1. The molecule has 1 amide bonds. The van der Waals surface area contributed by atoms with Crippen molar-refractivity contribution in [2.45, 2.75) is 18.1 Å². The molecule has 0 bridgehead atoms. The van der Waals surface area contributed by atoms with Gasteiger partial charge in [-0.3, -0.25) is 4.79 Å². The summed E-state index contributed by atoms with van der Waals surface area (Å²) in [6.45, 7) is 1.17. The Hall–Kier alpha value is -3.93. The largest absolute Gasteiger partial charge is 0.497 e. The van der Waals surface area contributed by atoms with Crippen molar-refractivity contribution in [3.63, 3.8) is 0 Å². The summed E-state index contributed by atoms with van der Waals surface area (Å²) >= 11 is 1.26. The zero-order valence-corrected chi connectivity index (χ0v) is 21.3. The monoisotopic (exact) mass is 512 g/mol. The molecule has 0 unspecified atom stereocenters. The molecule has 2 N–H and O–H groups in total. The van der Waals surface area contributed by atoms with E-state index in [1.165, 1.54) is 17.3 Å². The number of amides is 1. The highest BCUT2D eigenvalue weighted by molar-refractivity contribution is 7.99. The van der Waals surface area contributed by atoms with Gasteiger partial charge in [-0.1, -0.05) is 11.8 Å². The molecule has 0 saturated carbocycles. The third kappa shape index (κ3) is 5.82. The Morgan fingerprint density at radius 3 is 2.56 bits per heavy atom. The Balaban J connectivity index is 1.31. The predicted molar refractivity (Wildman–Crippen MR) is 137 cm³/mol. The molecule has 0 radical (unpaired) electrons. The second kappa shape index (κ2) is 11.7. The smallest absolute Gasteiger partial charge is 0.240 e. The zero-order chi connectivity index (χ0) is 25.5. The molecule has 2 heterocycles. The highest BCUT2D eigenvalue weighted by Gasteiger charge is 2.23. The summed E-state index contributed by atoms with van der Waals surface area (Å²) in [5.41, 5.74) is 5.77. The second-order valence-electron chi connectivity index (χ2n) is 7.77. The summed E-state index contributed by atoms with van der Waals surface area (Å²) in [5.74, 6) is 3.31. The summed E-state index contributed by atoms with van der Waals surface area (Å²) in [6, 6.07) is 9.34. The van der Waals surface area contributed by atoms with Crippen LogP contribution in [-0.2, 0) is 17.8 Å². The van der Waals surface area contributed by atoms with Crippen molar-refractivity contribution in [1.82, 2.24) is 20.1 Å². The Morgan fingerprint density at radius 1 is 1.08 bits per heavy atom. The Labute approximate surface area is 213 Å². The van der Waals surface area contributed by atoms with Gasteiger partial charge in [-0.15, -0.1) is 5.10 Å². The van der Waals surface area contributed by atoms with E-state index in [0.717, 1.165) is 17.5 Å². The van der Waals surface area contributed by atoms with Gasteiger partial charge in [-0.2, -0.15) is 10.1 Å². The first-order valence-corrected chi connectivity index (χ1v) is 12.1. The highest BCUT2D eigenvalue weighted by atomic mass is 32.2. The van der Waals surface area contributed by atoms with Gasteiger partial charge >= 0.3 is 0 Å². The molecule has 1 aliphatic heterocycles. The minimum atomic E-state index is 0.0166. The number of aromatic amines is 1. The van der Waals surface area contributed by atoms with Crippen LogP contribution in [0, 0.1) is 0 Å². The number of hydrazone groups is 1. The van der Waals surface area contributed by atoms with E-state index in [9.17, 15) is 4.79 Å². The number of methoxy groups -OCH3 is 4. The first-order valence-electron chi connectivity index (χ1n) is 11.1. The maximum atomic E-state index is 12.8. The number of H-pyrrole nitrogens is 1. The van der Waals surface area contributed by atoms with Crippen LogP contribution in [0.4, 0.5) is 5.95 Å². The standard InChI is InChI=1S/C24H28N6O5S/c1-32-18-5-6-19(33-2)16(9-18)12-25-27-23-26-24(29-28-23)36-14-22(31)30-8-7-15-10-20(34-3)21(35-4)11-17(15)13-30/h5-6,9-12H,7-8,13-14H2,1-4H3,(H2,26,27,28,29)/b25-12+. The second-order valence-corrected chi connectivity index (χ2v) is 8.72. The molecule has 0 saturated heterocycles. The van der Waals surface area contributed by atoms with Crippen LogP contribution in [0.2, 0.25) is 0 Å². The number of ether oxygens (including phenoxy) is 4. The first-order chi connectivity index (χ1) is 17.5. The lowest BCUT2D eigenvalue weighted by molar-refractivity contribution is -0.129. The van der Waals surface area contributed by atoms with Crippen LogP contribution < -0.4 is 24.4 Å². The lowest BCUT2D eigenvalue weighted by Crippen LogP contribution is -2.37. The summed E-state index contributed by atoms with van der Waals surface area (Å²) in [7, 11) is 6.41. The molecule has 0 atom stereocenters. The van der Waals surface area contributed by atoms with Gasteiger partial charge in [0.2, 0.25) is 17.0 Å². The maximum Gasteiger partial charge on any atom is 0.240 e. The van der Waals surface area contributed by atoms with E-state index in [1.54, 1.807) is 40.7 Å². The number of nitrogens with one attached hydrogen (secondary N) is 2. The van der Waals surface area contributed by atoms with Gasteiger partial charge in [0.05, 0.1) is 40.4 Å². The molecular weight excluding hydrogens is 484 g/mol. The van der Waals surface area contributed by atoms with Crippen LogP contribution in [-0.4, -0.2) is 72.9 Å². The molecule has 0 spiro atoms. The minimum Gasteiger partial charge on any atom is -0.497 e. The van der Waals surface area contributed by atoms with Crippen molar-refractivity contribution in [3.8, 4) is 23.0 Å². The summed E-state index contributed by atoms with van der Waals surface area (Å²) < 4.78 is 21.4. The van der Waals surface area contributed by atoms with Crippen LogP contribution in [0.15, 0.2) is 40.6 Å². The molecular formula is C24H28N6O5S. The number of aromatic nitrogens is 3. The van der Waals surface area contributed by atoms with Crippen LogP contribution in [0.3, 0.4) is 0 Å². The van der Waals surface area contributed by atoms with Crippen molar-refractivity contribution >= 4 is 29.8 Å². The van der Waals surface area contributed by atoms with Crippen molar-refractivity contribution in [1.29, 1.82) is 0 Å². The summed E-state index contributed by atoms with van der Waals surface area (Å²) in [4.78, 5) is 19.0. The Morgan fingerprint density at radius 2 is 1.83 bits per heavy atom. The van der Waals surface area contributed by atoms with Crippen LogP contribution in [0.5, 0.6) is 23.0 Å². The van der Waals surface area contributed by atoms with Gasteiger partial charge in [0.1, 0.15) is 11.5 Å². The lowest BCUT2D eigenvalue weighted by atomic mass is 9.99. The van der Waals surface area contributed by atoms with E-state index in [4.69, 9.17) is 18.9 Å². The van der Waals surface area contributed by atoms with E-state index in [2.05, 4.69) is 25.7 Å². The predicted octanol–water partition coefficient (Wildman–Crippen LogP) is 2.96. The number of nitrogens with zero attached hydrogens (tertiary/aromatic N) is 4. The maximum absolute atomic E-state index is 12.8.